The normalized spacial score (nSPS) is 15.6. The number of piperazine rings is 1. The number of hydrogen-bond acceptors (Lipinski definition) is 5. The van der Waals surface area contributed by atoms with E-state index in [0.717, 1.165) is 23.1 Å². The highest BCUT2D eigenvalue weighted by atomic mass is 32.2. The lowest BCUT2D eigenvalue weighted by molar-refractivity contribution is -0.122. The zero-order chi connectivity index (χ0) is 26.0. The minimum atomic E-state index is -3.52. The zero-order valence-corrected chi connectivity index (χ0v) is 21.9. The fourth-order valence-corrected chi connectivity index (χ4v) is 6.32. The Kier molecular flexibility index (Phi) is 7.10. The molecule has 1 N–H and O–H groups in total. The van der Waals surface area contributed by atoms with Crippen LogP contribution in [0.1, 0.15) is 18.1 Å². The van der Waals surface area contributed by atoms with Gasteiger partial charge in [-0.05, 0) is 49.7 Å². The van der Waals surface area contributed by atoms with Gasteiger partial charge in [0, 0.05) is 54.5 Å². The lowest BCUT2D eigenvalue weighted by Crippen LogP contribution is -2.50. The van der Waals surface area contributed by atoms with Crippen LogP contribution in [0.2, 0.25) is 0 Å². The second kappa shape index (κ2) is 10.5. The molecule has 1 amide bonds. The SMILES string of the molecule is CCn1c2ccccc2c2cc(/C=N\NC(=O)CN3CCN(S(=O)(=O)c4ccc(C)cc4)CC3)ccc21. The van der Waals surface area contributed by atoms with Crippen LogP contribution in [0.5, 0.6) is 0 Å². The fraction of sp³-hybridized carbons (Fsp3) is 0.286. The smallest absolute Gasteiger partial charge is 0.254 e. The van der Waals surface area contributed by atoms with E-state index < -0.39 is 10.0 Å². The maximum atomic E-state index is 12.9. The number of rotatable bonds is 7. The number of benzene rings is 3. The molecular formula is C28H31N5O3S. The van der Waals surface area contributed by atoms with Gasteiger partial charge < -0.3 is 4.57 Å². The summed E-state index contributed by atoms with van der Waals surface area (Å²) in [6.45, 7) is 6.78. The van der Waals surface area contributed by atoms with Gasteiger partial charge in [-0.25, -0.2) is 13.8 Å². The van der Waals surface area contributed by atoms with Gasteiger partial charge in [-0.15, -0.1) is 0 Å². The van der Waals surface area contributed by atoms with Crippen LogP contribution in [-0.4, -0.2) is 67.0 Å². The van der Waals surface area contributed by atoms with Gasteiger partial charge in [-0.2, -0.15) is 9.41 Å². The first-order valence-electron chi connectivity index (χ1n) is 12.5. The Labute approximate surface area is 217 Å². The van der Waals surface area contributed by atoms with Crippen molar-refractivity contribution in [2.75, 3.05) is 32.7 Å². The predicted molar refractivity (Wildman–Crippen MR) is 147 cm³/mol. The Hall–Kier alpha value is -3.53. The number of aromatic nitrogens is 1. The van der Waals surface area contributed by atoms with E-state index in [-0.39, 0.29) is 12.5 Å². The number of hydrogen-bond donors (Lipinski definition) is 1. The number of para-hydroxylation sites is 1. The van der Waals surface area contributed by atoms with E-state index in [1.54, 1.807) is 30.5 Å². The third-order valence-electron chi connectivity index (χ3n) is 6.87. The maximum absolute atomic E-state index is 12.9. The van der Waals surface area contributed by atoms with Crippen molar-refractivity contribution in [1.82, 2.24) is 19.2 Å². The van der Waals surface area contributed by atoms with E-state index in [2.05, 4.69) is 46.3 Å². The van der Waals surface area contributed by atoms with Crippen molar-refractivity contribution >= 4 is 44.0 Å². The molecule has 0 radical (unpaired) electrons. The van der Waals surface area contributed by atoms with Gasteiger partial charge in [0.15, 0.2) is 0 Å². The van der Waals surface area contributed by atoms with Gasteiger partial charge in [0.25, 0.3) is 5.91 Å². The minimum Gasteiger partial charge on any atom is -0.341 e. The summed E-state index contributed by atoms with van der Waals surface area (Å²) >= 11 is 0. The van der Waals surface area contributed by atoms with Gasteiger partial charge in [0.2, 0.25) is 10.0 Å². The molecule has 0 unspecified atom stereocenters. The highest BCUT2D eigenvalue weighted by Crippen LogP contribution is 2.29. The van der Waals surface area contributed by atoms with Crippen LogP contribution in [0.25, 0.3) is 21.8 Å². The lowest BCUT2D eigenvalue weighted by atomic mass is 10.1. The van der Waals surface area contributed by atoms with Gasteiger partial charge in [0.05, 0.1) is 17.7 Å². The van der Waals surface area contributed by atoms with E-state index in [9.17, 15) is 13.2 Å². The third kappa shape index (κ3) is 5.16. The first-order valence-corrected chi connectivity index (χ1v) is 13.9. The summed E-state index contributed by atoms with van der Waals surface area (Å²) in [6.07, 6.45) is 1.65. The van der Waals surface area contributed by atoms with Crippen LogP contribution in [-0.2, 0) is 21.4 Å². The van der Waals surface area contributed by atoms with Gasteiger partial charge in [-0.1, -0.05) is 42.0 Å². The Morgan fingerprint density at radius 2 is 1.65 bits per heavy atom. The Morgan fingerprint density at radius 1 is 0.946 bits per heavy atom. The molecule has 1 saturated heterocycles. The summed E-state index contributed by atoms with van der Waals surface area (Å²) in [6, 6.07) is 21.4. The first-order chi connectivity index (χ1) is 17.9. The molecule has 5 rings (SSSR count). The number of carbonyl (C=O) groups is 1. The Morgan fingerprint density at radius 3 is 2.38 bits per heavy atom. The lowest BCUT2D eigenvalue weighted by Gasteiger charge is -2.33. The molecule has 0 saturated carbocycles. The van der Waals surface area contributed by atoms with Crippen LogP contribution in [0.3, 0.4) is 0 Å². The molecule has 2 heterocycles. The summed E-state index contributed by atoms with van der Waals surface area (Å²) in [5, 5.41) is 6.51. The molecule has 1 aliphatic rings. The number of amides is 1. The molecule has 0 aliphatic carbocycles. The molecule has 1 aromatic heterocycles. The molecule has 8 nitrogen and oxygen atoms in total. The predicted octanol–water partition coefficient (Wildman–Crippen LogP) is 3.58. The summed E-state index contributed by atoms with van der Waals surface area (Å²) in [5.74, 6) is -0.227. The summed E-state index contributed by atoms with van der Waals surface area (Å²) in [5.41, 5.74) is 6.90. The average Bonchev–Trinajstić information content (AvgIpc) is 3.22. The number of fused-ring (bicyclic) bond motifs is 3. The molecule has 1 fully saturated rings. The molecule has 1 aliphatic heterocycles. The standard InChI is InChI=1S/C28H31N5O3S/c1-3-33-26-7-5-4-6-24(26)25-18-22(10-13-27(25)33)19-29-30-28(34)20-31-14-16-32(17-15-31)37(35,36)23-11-8-21(2)9-12-23/h4-13,18-19H,3,14-17,20H2,1-2H3,(H,30,34)/b29-19-. The zero-order valence-electron chi connectivity index (χ0n) is 21.1. The van der Waals surface area contributed by atoms with Gasteiger partial charge in [-0.3, -0.25) is 9.69 Å². The fourth-order valence-electron chi connectivity index (χ4n) is 4.90. The average molecular weight is 518 g/mol. The van der Waals surface area contributed by atoms with E-state index >= 15 is 0 Å². The molecule has 37 heavy (non-hydrogen) atoms. The van der Waals surface area contributed by atoms with Crippen molar-refractivity contribution in [3.05, 3.63) is 77.9 Å². The van der Waals surface area contributed by atoms with Crippen molar-refractivity contribution in [1.29, 1.82) is 0 Å². The number of nitrogens with zero attached hydrogens (tertiary/aromatic N) is 4. The Balaban J connectivity index is 1.17. The molecule has 3 aromatic carbocycles. The van der Waals surface area contributed by atoms with E-state index in [4.69, 9.17) is 0 Å². The number of carbonyl (C=O) groups excluding carboxylic acids is 1. The van der Waals surface area contributed by atoms with Crippen LogP contribution in [0, 0.1) is 6.92 Å². The number of nitrogens with one attached hydrogen (secondary N) is 1. The molecule has 0 spiro atoms. The van der Waals surface area contributed by atoms with E-state index in [0.29, 0.717) is 31.1 Å². The molecule has 4 aromatic rings. The monoisotopic (exact) mass is 517 g/mol. The van der Waals surface area contributed by atoms with Gasteiger partial charge in [0.1, 0.15) is 0 Å². The highest BCUT2D eigenvalue weighted by molar-refractivity contribution is 7.89. The largest absolute Gasteiger partial charge is 0.341 e. The van der Waals surface area contributed by atoms with Crippen molar-refractivity contribution in [3.63, 3.8) is 0 Å². The molecule has 192 valence electrons. The number of aryl methyl sites for hydroxylation is 2. The van der Waals surface area contributed by atoms with E-state index in [1.807, 2.05) is 30.0 Å². The number of hydrazone groups is 1. The van der Waals surface area contributed by atoms with Gasteiger partial charge >= 0.3 is 0 Å². The molecule has 0 atom stereocenters. The number of sulfonamides is 1. The second-order valence-electron chi connectivity index (χ2n) is 9.32. The van der Waals surface area contributed by atoms with E-state index in [1.165, 1.54) is 20.7 Å². The first kappa shape index (κ1) is 25.1. The second-order valence-corrected chi connectivity index (χ2v) is 11.3. The molecule has 9 heteroatoms. The molecular weight excluding hydrogens is 486 g/mol. The highest BCUT2D eigenvalue weighted by Gasteiger charge is 2.28. The van der Waals surface area contributed by atoms with Crippen molar-refractivity contribution < 1.29 is 13.2 Å². The summed E-state index contributed by atoms with van der Waals surface area (Å²) in [7, 11) is -3.52. The third-order valence-corrected chi connectivity index (χ3v) is 8.79. The summed E-state index contributed by atoms with van der Waals surface area (Å²) in [4.78, 5) is 14.7. The molecule has 0 bridgehead atoms. The van der Waals surface area contributed by atoms with Crippen molar-refractivity contribution in [3.8, 4) is 0 Å². The topological polar surface area (TPSA) is 87.0 Å². The van der Waals surface area contributed by atoms with Crippen LogP contribution >= 0.6 is 0 Å². The maximum Gasteiger partial charge on any atom is 0.254 e. The summed E-state index contributed by atoms with van der Waals surface area (Å²) < 4.78 is 29.5. The van der Waals surface area contributed by atoms with Crippen molar-refractivity contribution in [2.24, 2.45) is 5.10 Å². The van der Waals surface area contributed by atoms with Crippen LogP contribution in [0.4, 0.5) is 0 Å². The van der Waals surface area contributed by atoms with Crippen LogP contribution in [0.15, 0.2) is 76.7 Å². The minimum absolute atomic E-state index is 0.165. The van der Waals surface area contributed by atoms with Crippen molar-refractivity contribution in [2.45, 2.75) is 25.3 Å². The van der Waals surface area contributed by atoms with Crippen LogP contribution < -0.4 is 5.43 Å². The Bertz CT molecular complexity index is 1570. The quantitative estimate of drug-likeness (QED) is 0.300.